The molecule has 7 nitrogen and oxygen atoms in total. The Balaban J connectivity index is 1.48. The normalized spacial score (nSPS) is 20.2. The monoisotopic (exact) mass is 409 g/mol. The summed E-state index contributed by atoms with van der Waals surface area (Å²) in [7, 11) is 1.27. The third kappa shape index (κ3) is 3.51. The van der Waals surface area contributed by atoms with E-state index in [0.717, 1.165) is 22.3 Å². The van der Waals surface area contributed by atoms with Crippen LogP contribution in [-0.4, -0.2) is 54.3 Å². The molecule has 4 rings (SSSR count). The van der Waals surface area contributed by atoms with E-state index in [0.29, 0.717) is 6.42 Å². The van der Waals surface area contributed by atoms with Gasteiger partial charge < -0.3 is 14.6 Å². The minimum absolute atomic E-state index is 0.0200. The second kappa shape index (κ2) is 8.18. The highest BCUT2D eigenvalue weighted by Crippen LogP contribution is 2.44. The first-order chi connectivity index (χ1) is 14.5. The number of ether oxygens (including phenoxy) is 2. The number of esters is 1. The van der Waals surface area contributed by atoms with Crippen LogP contribution in [0.25, 0.3) is 11.1 Å². The molecular weight excluding hydrogens is 386 g/mol. The second-order valence-electron chi connectivity index (χ2n) is 7.60. The zero-order valence-corrected chi connectivity index (χ0v) is 16.6. The molecule has 0 aromatic heterocycles. The van der Waals surface area contributed by atoms with Gasteiger partial charge in [-0.3, -0.25) is 9.69 Å². The van der Waals surface area contributed by atoms with Crippen LogP contribution >= 0.6 is 0 Å². The molecule has 1 aliphatic heterocycles. The van der Waals surface area contributed by atoms with Gasteiger partial charge in [0.25, 0.3) is 0 Å². The van der Waals surface area contributed by atoms with E-state index in [-0.39, 0.29) is 25.5 Å². The van der Waals surface area contributed by atoms with Gasteiger partial charge in [0.1, 0.15) is 12.6 Å². The van der Waals surface area contributed by atoms with E-state index < -0.39 is 30.0 Å². The Hall–Kier alpha value is -3.35. The van der Waals surface area contributed by atoms with Gasteiger partial charge in [-0.05, 0) is 35.1 Å². The maximum Gasteiger partial charge on any atom is 0.410 e. The zero-order valence-electron chi connectivity index (χ0n) is 16.6. The summed E-state index contributed by atoms with van der Waals surface area (Å²) in [4.78, 5) is 37.5. The predicted octanol–water partition coefficient (Wildman–Crippen LogP) is 3.27. The molecule has 1 amide bonds. The van der Waals surface area contributed by atoms with Gasteiger partial charge in [-0.25, -0.2) is 9.59 Å². The first-order valence-electron chi connectivity index (χ1n) is 9.93. The Kier molecular flexibility index (Phi) is 5.44. The van der Waals surface area contributed by atoms with Crippen LogP contribution in [0.15, 0.2) is 48.5 Å². The van der Waals surface area contributed by atoms with Crippen LogP contribution < -0.4 is 0 Å². The van der Waals surface area contributed by atoms with Gasteiger partial charge in [-0.1, -0.05) is 48.5 Å². The van der Waals surface area contributed by atoms with E-state index in [1.54, 1.807) is 0 Å². The van der Waals surface area contributed by atoms with Gasteiger partial charge in [0, 0.05) is 12.5 Å². The molecule has 1 N–H and O–H groups in total. The lowest BCUT2D eigenvalue weighted by Gasteiger charge is -2.35. The van der Waals surface area contributed by atoms with Crippen LogP contribution in [0.1, 0.15) is 29.9 Å². The average Bonchev–Trinajstić information content (AvgIpc) is 3.10. The van der Waals surface area contributed by atoms with Crippen molar-refractivity contribution in [1.82, 2.24) is 4.90 Å². The average molecular weight is 409 g/mol. The Morgan fingerprint density at radius 1 is 1.03 bits per heavy atom. The van der Waals surface area contributed by atoms with Crippen LogP contribution in [0.2, 0.25) is 0 Å². The fourth-order valence-electron chi connectivity index (χ4n) is 4.48. The van der Waals surface area contributed by atoms with Crippen molar-refractivity contribution in [1.29, 1.82) is 0 Å². The molecule has 0 radical (unpaired) electrons. The van der Waals surface area contributed by atoms with Gasteiger partial charge in [0.05, 0.1) is 13.0 Å². The van der Waals surface area contributed by atoms with E-state index in [1.165, 1.54) is 12.0 Å². The number of carboxylic acid groups (broad SMARTS) is 1. The van der Waals surface area contributed by atoms with Crippen LogP contribution in [0, 0.1) is 5.92 Å². The molecule has 1 heterocycles. The van der Waals surface area contributed by atoms with Crippen molar-refractivity contribution in [2.24, 2.45) is 5.92 Å². The standard InChI is InChI=1S/C23H23NO6/c1-29-22(27)14-10-11-24(20(12-14)21(25)26)23(28)30-13-19-17-8-4-2-6-15(17)16-7-3-5-9-18(16)19/h2-9,14,19-20H,10-13H2,1H3,(H,25,26). The Morgan fingerprint density at radius 2 is 1.63 bits per heavy atom. The zero-order chi connectivity index (χ0) is 21.3. The number of piperidine rings is 1. The second-order valence-corrected chi connectivity index (χ2v) is 7.60. The van der Waals surface area contributed by atoms with E-state index >= 15 is 0 Å². The highest BCUT2D eigenvalue weighted by molar-refractivity contribution is 5.83. The van der Waals surface area contributed by atoms with Gasteiger partial charge in [0.2, 0.25) is 0 Å². The van der Waals surface area contributed by atoms with Crippen molar-refractivity contribution < 1.29 is 29.0 Å². The van der Waals surface area contributed by atoms with E-state index in [2.05, 4.69) is 0 Å². The third-order valence-corrected chi connectivity index (χ3v) is 5.99. The van der Waals surface area contributed by atoms with Crippen molar-refractivity contribution in [2.75, 3.05) is 20.3 Å². The number of hydrogen-bond acceptors (Lipinski definition) is 5. The first kappa shape index (κ1) is 19.9. The molecule has 1 aliphatic carbocycles. The summed E-state index contributed by atoms with van der Waals surface area (Å²) >= 11 is 0. The predicted molar refractivity (Wildman–Crippen MR) is 108 cm³/mol. The minimum Gasteiger partial charge on any atom is -0.480 e. The molecule has 1 saturated heterocycles. The number of fused-ring (bicyclic) bond motifs is 3. The molecule has 0 bridgehead atoms. The summed E-state index contributed by atoms with van der Waals surface area (Å²) in [6, 6.07) is 14.9. The number of amides is 1. The largest absolute Gasteiger partial charge is 0.480 e. The molecule has 2 atom stereocenters. The number of likely N-dealkylation sites (tertiary alicyclic amines) is 1. The maximum atomic E-state index is 12.8. The number of carbonyl (C=O) groups is 3. The van der Waals surface area contributed by atoms with Gasteiger partial charge in [-0.15, -0.1) is 0 Å². The van der Waals surface area contributed by atoms with Crippen LogP contribution in [0.5, 0.6) is 0 Å². The number of benzene rings is 2. The Morgan fingerprint density at radius 3 is 2.20 bits per heavy atom. The van der Waals surface area contributed by atoms with E-state index in [1.807, 2.05) is 48.5 Å². The van der Waals surface area contributed by atoms with Crippen molar-refractivity contribution in [3.8, 4) is 11.1 Å². The fourth-order valence-corrected chi connectivity index (χ4v) is 4.48. The Bertz CT molecular complexity index is 942. The van der Waals surface area contributed by atoms with Crippen LogP contribution in [0.3, 0.4) is 0 Å². The third-order valence-electron chi connectivity index (χ3n) is 5.99. The summed E-state index contributed by atoms with van der Waals surface area (Å²) in [5, 5.41) is 9.57. The van der Waals surface area contributed by atoms with Gasteiger partial charge in [-0.2, -0.15) is 0 Å². The number of hydrogen-bond donors (Lipinski definition) is 1. The number of aliphatic carboxylic acids is 1. The first-order valence-corrected chi connectivity index (χ1v) is 9.93. The number of carboxylic acids is 1. The van der Waals surface area contributed by atoms with Gasteiger partial charge >= 0.3 is 18.0 Å². The lowest BCUT2D eigenvalue weighted by atomic mass is 9.91. The highest BCUT2D eigenvalue weighted by atomic mass is 16.6. The molecule has 2 aliphatic rings. The molecule has 0 saturated carbocycles. The summed E-state index contributed by atoms with van der Waals surface area (Å²) in [5.74, 6) is -2.24. The molecule has 156 valence electrons. The summed E-state index contributed by atoms with van der Waals surface area (Å²) < 4.78 is 10.3. The van der Waals surface area contributed by atoms with E-state index in [4.69, 9.17) is 9.47 Å². The molecule has 30 heavy (non-hydrogen) atoms. The summed E-state index contributed by atoms with van der Waals surface area (Å²) in [6.45, 7) is 0.254. The molecule has 1 fully saturated rings. The highest BCUT2D eigenvalue weighted by Gasteiger charge is 2.40. The minimum atomic E-state index is -1.16. The molecule has 2 aromatic rings. The number of rotatable bonds is 4. The maximum absolute atomic E-state index is 12.8. The molecule has 7 heteroatoms. The van der Waals surface area contributed by atoms with Crippen molar-refractivity contribution in [2.45, 2.75) is 24.8 Å². The quantitative estimate of drug-likeness (QED) is 0.779. The molecular formula is C23H23NO6. The molecule has 2 aromatic carbocycles. The Labute approximate surface area is 174 Å². The van der Waals surface area contributed by atoms with Crippen molar-refractivity contribution >= 4 is 18.0 Å². The van der Waals surface area contributed by atoms with Crippen molar-refractivity contribution in [3.05, 3.63) is 59.7 Å². The molecule has 0 spiro atoms. The summed E-state index contributed by atoms with van der Waals surface area (Å²) in [6.07, 6.45) is -0.306. The fraction of sp³-hybridized carbons (Fsp3) is 0.348. The number of carbonyl (C=O) groups excluding carboxylic acids is 2. The van der Waals surface area contributed by atoms with Crippen molar-refractivity contribution in [3.63, 3.8) is 0 Å². The smallest absolute Gasteiger partial charge is 0.410 e. The van der Waals surface area contributed by atoms with Crippen LogP contribution in [-0.2, 0) is 19.1 Å². The number of nitrogens with zero attached hydrogens (tertiary/aromatic N) is 1. The van der Waals surface area contributed by atoms with Crippen LogP contribution in [0.4, 0.5) is 4.79 Å². The lowest BCUT2D eigenvalue weighted by Crippen LogP contribution is -2.51. The topological polar surface area (TPSA) is 93.1 Å². The van der Waals surface area contributed by atoms with E-state index in [9.17, 15) is 19.5 Å². The SMILES string of the molecule is COC(=O)C1CCN(C(=O)OCC2c3ccccc3-c3ccccc32)C(C(=O)O)C1. The number of methoxy groups -OCH3 is 1. The van der Waals surface area contributed by atoms with Gasteiger partial charge in [0.15, 0.2) is 0 Å². The molecule has 2 unspecified atom stereocenters. The summed E-state index contributed by atoms with van der Waals surface area (Å²) in [5.41, 5.74) is 4.42. The lowest BCUT2D eigenvalue weighted by molar-refractivity contribution is -0.151.